The Morgan fingerprint density at radius 2 is 1.81 bits per heavy atom. The van der Waals surface area contributed by atoms with Crippen molar-refractivity contribution >= 4 is 16.9 Å². The fourth-order valence-electron chi connectivity index (χ4n) is 3.22. The van der Waals surface area contributed by atoms with Crippen molar-refractivity contribution in [3.05, 3.63) is 76.5 Å². The number of amides is 1. The molecule has 9 nitrogen and oxygen atoms in total. The lowest BCUT2D eigenvalue weighted by Crippen LogP contribution is -2.34. The molecule has 0 radical (unpaired) electrons. The van der Waals surface area contributed by atoms with E-state index in [1.165, 1.54) is 19.6 Å². The van der Waals surface area contributed by atoms with Gasteiger partial charge in [0.1, 0.15) is 11.7 Å². The van der Waals surface area contributed by atoms with Crippen molar-refractivity contribution in [1.82, 2.24) is 19.4 Å². The molecule has 0 fully saturated rings. The van der Waals surface area contributed by atoms with Gasteiger partial charge in [0, 0.05) is 0 Å². The van der Waals surface area contributed by atoms with Crippen LogP contribution in [0.5, 0.6) is 11.5 Å². The molecule has 0 spiro atoms. The number of ether oxygens (including phenoxy) is 2. The van der Waals surface area contributed by atoms with Gasteiger partial charge in [-0.1, -0.05) is 23.8 Å². The first-order valence-corrected chi connectivity index (χ1v) is 9.53. The average molecular weight is 419 g/mol. The molecule has 4 rings (SSSR count). The van der Waals surface area contributed by atoms with Crippen LogP contribution in [0, 0.1) is 6.92 Å². The molecule has 1 amide bonds. The van der Waals surface area contributed by atoms with Crippen LogP contribution < -0.4 is 20.5 Å². The second kappa shape index (κ2) is 8.31. The Kier molecular flexibility index (Phi) is 5.40. The van der Waals surface area contributed by atoms with Crippen LogP contribution in [-0.2, 0) is 11.2 Å². The second-order valence-corrected chi connectivity index (χ2v) is 6.95. The van der Waals surface area contributed by atoms with E-state index in [0.717, 1.165) is 15.9 Å². The highest BCUT2D eigenvalue weighted by Gasteiger charge is 2.14. The molecule has 0 saturated carbocycles. The van der Waals surface area contributed by atoms with Gasteiger partial charge in [0.15, 0.2) is 17.1 Å². The molecule has 0 aliphatic carbocycles. The molecule has 31 heavy (non-hydrogen) atoms. The van der Waals surface area contributed by atoms with E-state index < -0.39 is 5.56 Å². The number of hydrogen-bond acceptors (Lipinski definition) is 6. The molecular formula is C22H21N5O4. The van der Waals surface area contributed by atoms with Gasteiger partial charge in [0.2, 0.25) is 5.91 Å². The van der Waals surface area contributed by atoms with Crippen molar-refractivity contribution in [2.45, 2.75) is 13.3 Å². The number of methoxy groups -OCH3 is 2. The Morgan fingerprint density at radius 1 is 1.06 bits per heavy atom. The molecule has 4 aromatic rings. The number of hydrogen-bond donors (Lipinski definition) is 1. The van der Waals surface area contributed by atoms with Gasteiger partial charge in [-0.15, -0.1) is 0 Å². The van der Waals surface area contributed by atoms with Gasteiger partial charge in [0.25, 0.3) is 5.56 Å². The molecule has 0 aliphatic heterocycles. The fraction of sp³-hybridized carbons (Fsp3) is 0.182. The topological polar surface area (TPSA) is 100 Å². The number of rotatable bonds is 6. The molecule has 1 N–H and O–H groups in total. The van der Waals surface area contributed by atoms with Gasteiger partial charge in [0.05, 0.1) is 32.5 Å². The Balaban J connectivity index is 1.56. The summed E-state index contributed by atoms with van der Waals surface area (Å²) in [6.07, 6.45) is 2.78. The summed E-state index contributed by atoms with van der Waals surface area (Å²) in [6.45, 7) is 1.99. The summed E-state index contributed by atoms with van der Waals surface area (Å²) >= 11 is 0. The van der Waals surface area contributed by atoms with Gasteiger partial charge in [-0.25, -0.2) is 14.3 Å². The smallest absolute Gasteiger partial charge is 0.283 e. The lowest BCUT2D eigenvalue weighted by molar-refractivity contribution is -0.116. The summed E-state index contributed by atoms with van der Waals surface area (Å²) in [5.74, 6) is 0.723. The fourth-order valence-corrected chi connectivity index (χ4v) is 3.22. The Bertz CT molecular complexity index is 1310. The maximum absolute atomic E-state index is 12.8. The van der Waals surface area contributed by atoms with Crippen LogP contribution in [0.1, 0.15) is 11.1 Å². The van der Waals surface area contributed by atoms with Crippen molar-refractivity contribution in [2.75, 3.05) is 19.6 Å². The van der Waals surface area contributed by atoms with E-state index in [2.05, 4.69) is 15.5 Å². The van der Waals surface area contributed by atoms with Crippen molar-refractivity contribution in [3.8, 4) is 17.2 Å². The molecule has 158 valence electrons. The monoisotopic (exact) mass is 419 g/mol. The summed E-state index contributed by atoms with van der Waals surface area (Å²) in [6, 6.07) is 12.9. The minimum atomic E-state index is -0.413. The quantitative estimate of drug-likeness (QED) is 0.514. The standard InChI is InChI=1S/C22H21N5O4/c1-14-4-7-16(8-5-14)27-21-17(12-24-27)22(29)26(13-23-21)25-20(28)11-15-6-9-18(30-2)19(10-15)31-3/h4-10,12-13H,11H2,1-3H3,(H,25,28). The molecule has 0 atom stereocenters. The van der Waals surface area contributed by atoms with Crippen LogP contribution >= 0.6 is 0 Å². The van der Waals surface area contributed by atoms with E-state index >= 15 is 0 Å². The molecule has 0 unspecified atom stereocenters. The summed E-state index contributed by atoms with van der Waals surface area (Å²) < 4.78 is 13.1. The minimum absolute atomic E-state index is 0.0491. The average Bonchev–Trinajstić information content (AvgIpc) is 3.21. The third-order valence-electron chi connectivity index (χ3n) is 4.82. The molecule has 2 aromatic carbocycles. The Morgan fingerprint density at radius 3 is 2.52 bits per heavy atom. The largest absolute Gasteiger partial charge is 0.493 e. The van der Waals surface area contributed by atoms with Crippen molar-refractivity contribution in [2.24, 2.45) is 0 Å². The third-order valence-corrected chi connectivity index (χ3v) is 4.82. The number of benzene rings is 2. The highest BCUT2D eigenvalue weighted by Crippen LogP contribution is 2.27. The Labute approximate surface area is 177 Å². The van der Waals surface area contributed by atoms with Crippen LogP contribution in [0.15, 0.2) is 59.8 Å². The van der Waals surface area contributed by atoms with E-state index in [9.17, 15) is 9.59 Å². The van der Waals surface area contributed by atoms with Crippen LogP contribution in [0.2, 0.25) is 0 Å². The van der Waals surface area contributed by atoms with E-state index in [1.807, 2.05) is 31.2 Å². The zero-order chi connectivity index (χ0) is 22.0. The van der Waals surface area contributed by atoms with E-state index in [4.69, 9.17) is 9.47 Å². The summed E-state index contributed by atoms with van der Waals surface area (Å²) in [4.78, 5) is 29.6. The minimum Gasteiger partial charge on any atom is -0.493 e. The predicted octanol–water partition coefficient (Wildman–Crippen LogP) is 2.22. The number of nitrogens with zero attached hydrogens (tertiary/aromatic N) is 4. The van der Waals surface area contributed by atoms with Gasteiger partial charge in [-0.2, -0.15) is 5.10 Å². The van der Waals surface area contributed by atoms with Crippen molar-refractivity contribution in [3.63, 3.8) is 0 Å². The molecule has 0 aliphatic rings. The molecule has 2 heterocycles. The number of carbonyl (C=O) groups is 1. The second-order valence-electron chi connectivity index (χ2n) is 6.95. The van der Waals surface area contributed by atoms with Crippen molar-refractivity contribution < 1.29 is 14.3 Å². The lowest BCUT2D eigenvalue weighted by atomic mass is 10.1. The predicted molar refractivity (Wildman–Crippen MR) is 115 cm³/mol. The number of aryl methyl sites for hydroxylation is 1. The van der Waals surface area contributed by atoms with Crippen LogP contribution in [0.3, 0.4) is 0 Å². The number of aromatic nitrogens is 4. The normalized spacial score (nSPS) is 10.8. The molecular weight excluding hydrogens is 398 g/mol. The van der Waals surface area contributed by atoms with Crippen LogP contribution in [0.4, 0.5) is 0 Å². The van der Waals surface area contributed by atoms with E-state index in [0.29, 0.717) is 28.1 Å². The molecule has 0 bridgehead atoms. The van der Waals surface area contributed by atoms with Gasteiger partial charge in [-0.3, -0.25) is 15.0 Å². The molecule has 9 heteroatoms. The SMILES string of the molecule is COc1ccc(CC(=O)Nn2cnc3c(cnn3-c3ccc(C)cc3)c2=O)cc1OC. The summed E-state index contributed by atoms with van der Waals surface area (Å²) in [7, 11) is 3.07. The van der Waals surface area contributed by atoms with E-state index in [1.54, 1.807) is 30.0 Å². The van der Waals surface area contributed by atoms with Gasteiger partial charge >= 0.3 is 0 Å². The van der Waals surface area contributed by atoms with Crippen LogP contribution in [-0.4, -0.2) is 39.6 Å². The van der Waals surface area contributed by atoms with E-state index in [-0.39, 0.29) is 12.3 Å². The summed E-state index contributed by atoms with van der Waals surface area (Å²) in [5, 5.41) is 4.58. The first-order valence-electron chi connectivity index (χ1n) is 9.53. The maximum atomic E-state index is 12.8. The first-order chi connectivity index (χ1) is 15.0. The first kappa shape index (κ1) is 20.1. The maximum Gasteiger partial charge on any atom is 0.283 e. The Hall–Kier alpha value is -4.14. The zero-order valence-corrected chi connectivity index (χ0v) is 17.3. The third kappa shape index (κ3) is 3.97. The number of nitrogens with one attached hydrogen (secondary N) is 1. The van der Waals surface area contributed by atoms with Crippen molar-refractivity contribution in [1.29, 1.82) is 0 Å². The molecule has 2 aromatic heterocycles. The summed E-state index contributed by atoms with van der Waals surface area (Å²) in [5.41, 5.74) is 5.19. The zero-order valence-electron chi connectivity index (χ0n) is 17.3. The highest BCUT2D eigenvalue weighted by atomic mass is 16.5. The highest BCUT2D eigenvalue weighted by molar-refractivity contribution is 5.86. The number of carbonyl (C=O) groups excluding carboxylic acids is 1. The van der Waals surface area contributed by atoms with Gasteiger partial charge < -0.3 is 9.47 Å². The van der Waals surface area contributed by atoms with Gasteiger partial charge in [-0.05, 0) is 36.8 Å². The lowest BCUT2D eigenvalue weighted by Gasteiger charge is -2.11. The van der Waals surface area contributed by atoms with Crippen LogP contribution in [0.25, 0.3) is 16.7 Å². The molecule has 0 saturated heterocycles. The number of fused-ring (bicyclic) bond motifs is 1.